The number of nitrogens with one attached hydrogen (secondary N) is 1. The normalized spacial score (nSPS) is 25.8. The molecule has 0 amide bonds. The Bertz CT molecular complexity index is 674. The maximum Gasteiger partial charge on any atom is 0.339 e. The lowest BCUT2D eigenvalue weighted by Crippen LogP contribution is -2.76. The third kappa shape index (κ3) is 2.50. The van der Waals surface area contributed by atoms with E-state index in [1.807, 2.05) is 0 Å². The molecule has 1 aromatic carbocycles. The second kappa shape index (κ2) is 5.57. The number of para-hydroxylation sites is 1. The van der Waals surface area contributed by atoms with Gasteiger partial charge in [-0.2, -0.15) is 0 Å². The highest BCUT2D eigenvalue weighted by Crippen LogP contribution is 2.44. The second-order valence-electron chi connectivity index (χ2n) is 7.48. The maximum absolute atomic E-state index is 13.2. The van der Waals surface area contributed by atoms with Crippen LogP contribution in [0, 0.1) is 0 Å². The van der Waals surface area contributed by atoms with Crippen molar-refractivity contribution < 1.29 is 19.1 Å². The summed E-state index contributed by atoms with van der Waals surface area (Å²) in [6, 6.07) is 6.91. The second-order valence-corrected chi connectivity index (χ2v) is 7.48. The van der Waals surface area contributed by atoms with Crippen molar-refractivity contribution in [2.45, 2.75) is 50.4 Å². The van der Waals surface area contributed by atoms with E-state index in [0.717, 1.165) is 0 Å². The third-order valence-corrected chi connectivity index (χ3v) is 4.65. The van der Waals surface area contributed by atoms with Crippen molar-refractivity contribution in [1.29, 1.82) is 0 Å². The van der Waals surface area contributed by atoms with Crippen molar-refractivity contribution in [2.24, 2.45) is 5.73 Å². The lowest BCUT2D eigenvalue weighted by Gasteiger charge is -2.50. The van der Waals surface area contributed by atoms with Crippen LogP contribution in [0.5, 0.6) is 5.75 Å². The molecular weight excluding hydrogens is 308 g/mol. The summed E-state index contributed by atoms with van der Waals surface area (Å²) in [5.41, 5.74) is 3.15. The minimum Gasteiger partial charge on any atom is -0.483 e. The van der Waals surface area contributed by atoms with E-state index in [9.17, 15) is 9.59 Å². The van der Waals surface area contributed by atoms with Crippen LogP contribution in [0.4, 0.5) is 0 Å². The van der Waals surface area contributed by atoms with E-state index in [4.69, 9.17) is 15.2 Å². The molecule has 2 heterocycles. The van der Waals surface area contributed by atoms with E-state index in [1.165, 1.54) is 0 Å². The monoisotopic (exact) mass is 332 g/mol. The Balaban J connectivity index is 2.12. The first-order valence-corrected chi connectivity index (χ1v) is 8.25. The number of hydrogen-bond acceptors (Lipinski definition) is 6. The molecule has 1 saturated heterocycles. The molecule has 1 atom stereocenters. The Morgan fingerprint density at radius 3 is 2.50 bits per heavy atom. The number of carbonyl (C=O) groups excluding carboxylic acids is 2. The molecular formula is C18H24N2O4. The van der Waals surface area contributed by atoms with Gasteiger partial charge in [0.25, 0.3) is 0 Å². The van der Waals surface area contributed by atoms with Gasteiger partial charge < -0.3 is 20.5 Å². The smallest absolute Gasteiger partial charge is 0.339 e. The molecule has 0 saturated carbocycles. The fourth-order valence-corrected chi connectivity index (χ4v) is 3.42. The first-order valence-electron chi connectivity index (χ1n) is 8.25. The molecule has 2 aliphatic heterocycles. The van der Waals surface area contributed by atoms with Gasteiger partial charge in [-0.3, -0.25) is 4.79 Å². The molecule has 130 valence electrons. The Kier molecular flexibility index (Phi) is 3.92. The number of Topliss-reactive ketones (excluding diaryl/α,β-unsaturated/α-hetero) is 1. The number of rotatable bonds is 1. The zero-order valence-electron chi connectivity index (χ0n) is 14.3. The van der Waals surface area contributed by atoms with Gasteiger partial charge in [0, 0.05) is 12.8 Å². The zero-order valence-corrected chi connectivity index (χ0v) is 14.3. The molecule has 2 aliphatic rings. The van der Waals surface area contributed by atoms with Crippen LogP contribution in [0.1, 0.15) is 44.0 Å². The average Bonchev–Trinajstić information content (AvgIpc) is 2.52. The highest BCUT2D eigenvalue weighted by atomic mass is 16.6. The van der Waals surface area contributed by atoms with E-state index >= 15 is 0 Å². The number of nitrogens with two attached hydrogens (primary N) is 1. The van der Waals surface area contributed by atoms with Gasteiger partial charge >= 0.3 is 5.97 Å². The van der Waals surface area contributed by atoms with Crippen molar-refractivity contribution in [2.75, 3.05) is 13.1 Å². The predicted molar refractivity (Wildman–Crippen MR) is 89.0 cm³/mol. The topological polar surface area (TPSA) is 90.7 Å². The van der Waals surface area contributed by atoms with Gasteiger partial charge in [0.15, 0.2) is 0 Å². The predicted octanol–water partition coefficient (Wildman–Crippen LogP) is 1.42. The Labute approximate surface area is 141 Å². The summed E-state index contributed by atoms with van der Waals surface area (Å²) < 4.78 is 11.7. The summed E-state index contributed by atoms with van der Waals surface area (Å²) in [6.07, 6.45) is 0.922. The van der Waals surface area contributed by atoms with Gasteiger partial charge in [-0.25, -0.2) is 4.79 Å². The van der Waals surface area contributed by atoms with Gasteiger partial charge in [-0.05, 0) is 46.0 Å². The fourth-order valence-electron chi connectivity index (χ4n) is 3.42. The first kappa shape index (κ1) is 16.9. The van der Waals surface area contributed by atoms with Crippen LogP contribution in [-0.4, -0.2) is 41.6 Å². The van der Waals surface area contributed by atoms with Crippen LogP contribution in [0.15, 0.2) is 24.3 Å². The number of ether oxygens (including phenoxy) is 2. The number of ketones is 1. The molecule has 1 fully saturated rings. The van der Waals surface area contributed by atoms with E-state index in [1.54, 1.807) is 45.0 Å². The molecule has 6 heteroatoms. The molecule has 0 bridgehead atoms. The molecule has 1 aromatic rings. The summed E-state index contributed by atoms with van der Waals surface area (Å²) in [4.78, 5) is 26.2. The summed E-state index contributed by atoms with van der Waals surface area (Å²) in [5.74, 6) is -0.675. The van der Waals surface area contributed by atoms with Crippen LogP contribution >= 0.6 is 0 Å². The largest absolute Gasteiger partial charge is 0.483 e. The number of fused-ring (bicyclic) bond motifs is 1. The molecule has 3 N–H and O–H groups in total. The highest BCUT2D eigenvalue weighted by molar-refractivity contribution is 6.19. The van der Waals surface area contributed by atoms with Crippen molar-refractivity contribution in [1.82, 2.24) is 5.32 Å². The quantitative estimate of drug-likeness (QED) is 0.597. The van der Waals surface area contributed by atoms with Crippen molar-refractivity contribution in [3.05, 3.63) is 29.8 Å². The average molecular weight is 332 g/mol. The molecule has 1 unspecified atom stereocenters. The third-order valence-electron chi connectivity index (χ3n) is 4.65. The van der Waals surface area contributed by atoms with E-state index < -0.39 is 28.5 Å². The van der Waals surface area contributed by atoms with Crippen molar-refractivity contribution in [3.8, 4) is 5.75 Å². The Hall–Kier alpha value is -1.92. The number of piperidine rings is 1. The summed E-state index contributed by atoms with van der Waals surface area (Å²) in [5, 5.41) is 3.22. The summed E-state index contributed by atoms with van der Waals surface area (Å²) >= 11 is 0. The highest BCUT2D eigenvalue weighted by Gasteiger charge is 2.65. The fraction of sp³-hybridized carbons (Fsp3) is 0.556. The molecule has 3 rings (SSSR count). The number of esters is 1. The van der Waals surface area contributed by atoms with Crippen LogP contribution in [0.25, 0.3) is 0 Å². The van der Waals surface area contributed by atoms with Gasteiger partial charge in [-0.1, -0.05) is 12.1 Å². The van der Waals surface area contributed by atoms with E-state index in [0.29, 0.717) is 37.2 Å². The Morgan fingerprint density at radius 2 is 1.88 bits per heavy atom. The van der Waals surface area contributed by atoms with Crippen LogP contribution < -0.4 is 15.8 Å². The lowest BCUT2D eigenvalue weighted by atomic mass is 9.68. The molecule has 24 heavy (non-hydrogen) atoms. The summed E-state index contributed by atoms with van der Waals surface area (Å²) in [7, 11) is 0. The Morgan fingerprint density at radius 1 is 1.25 bits per heavy atom. The van der Waals surface area contributed by atoms with Crippen LogP contribution in [0.2, 0.25) is 0 Å². The number of hydrogen-bond donors (Lipinski definition) is 2. The molecule has 0 radical (unpaired) electrons. The van der Waals surface area contributed by atoms with Gasteiger partial charge in [-0.15, -0.1) is 0 Å². The minimum absolute atomic E-state index is 0.329. The standard InChI is InChI=1S/C18H24N2O4/c1-16(2,3)24-15(22)18(19)14(21)12-6-4-5-7-13(12)23-17(18)8-10-20-11-9-17/h4-7,20H,8-11,19H2,1-3H3. The van der Waals surface area contributed by atoms with E-state index in [2.05, 4.69) is 5.32 Å². The van der Waals surface area contributed by atoms with Crippen molar-refractivity contribution >= 4 is 11.8 Å². The van der Waals surface area contributed by atoms with Crippen LogP contribution in [0.3, 0.4) is 0 Å². The summed E-state index contributed by atoms with van der Waals surface area (Å²) in [6.45, 7) is 6.51. The molecule has 1 spiro atoms. The first-order chi connectivity index (χ1) is 11.2. The van der Waals surface area contributed by atoms with Gasteiger partial charge in [0.1, 0.15) is 17.0 Å². The van der Waals surface area contributed by atoms with Crippen LogP contribution in [-0.2, 0) is 9.53 Å². The van der Waals surface area contributed by atoms with E-state index in [-0.39, 0.29) is 0 Å². The number of carbonyl (C=O) groups is 2. The SMILES string of the molecule is CC(C)(C)OC(=O)C1(N)C(=O)c2ccccc2OC12CCNCC2. The lowest BCUT2D eigenvalue weighted by molar-refractivity contribution is -0.169. The zero-order chi connectivity index (χ0) is 17.6. The molecule has 0 aliphatic carbocycles. The number of benzene rings is 1. The molecule has 6 nitrogen and oxygen atoms in total. The van der Waals surface area contributed by atoms with Crippen molar-refractivity contribution in [3.63, 3.8) is 0 Å². The minimum atomic E-state index is -1.85. The van der Waals surface area contributed by atoms with Gasteiger partial charge in [0.2, 0.25) is 11.3 Å². The van der Waals surface area contributed by atoms with Gasteiger partial charge in [0.05, 0.1) is 5.56 Å². The molecule has 0 aromatic heterocycles. The maximum atomic E-state index is 13.2.